The second-order valence-corrected chi connectivity index (χ2v) is 8.02. The number of unbranched alkanes of at least 4 members (excludes halogenated alkanes) is 1. The molecule has 0 aliphatic heterocycles. The van der Waals surface area contributed by atoms with Crippen molar-refractivity contribution in [3.05, 3.63) is 53.3 Å². The van der Waals surface area contributed by atoms with E-state index >= 15 is 0 Å². The second kappa shape index (κ2) is 10.4. The van der Waals surface area contributed by atoms with E-state index in [1.807, 2.05) is 26.0 Å². The monoisotopic (exact) mass is 390 g/mol. The molecule has 0 fully saturated rings. The fraction of sp³-hybridized carbons (Fsp3) is 0.409. The number of rotatable bonds is 10. The highest BCUT2D eigenvalue weighted by atomic mass is 32.2. The molecular formula is C22H27FO3S. The molecule has 0 atom stereocenters. The molecule has 0 aliphatic carbocycles. The Labute approximate surface area is 164 Å². The number of phenolic OH excluding ortho intramolecular Hbond substituents is 1. The van der Waals surface area contributed by atoms with Gasteiger partial charge in [-0.15, -0.1) is 11.8 Å². The number of hydrogen-bond acceptors (Lipinski definition) is 4. The van der Waals surface area contributed by atoms with E-state index in [0.717, 1.165) is 23.5 Å². The summed E-state index contributed by atoms with van der Waals surface area (Å²) in [5.74, 6) is 1.53. The van der Waals surface area contributed by atoms with Crippen LogP contribution in [0.4, 0.5) is 4.39 Å². The molecule has 0 radical (unpaired) electrons. The van der Waals surface area contributed by atoms with Crippen LogP contribution in [0, 0.1) is 18.7 Å². The molecule has 3 nitrogen and oxygen atoms in total. The highest BCUT2D eigenvalue weighted by Crippen LogP contribution is 2.31. The zero-order valence-corrected chi connectivity index (χ0v) is 16.9. The molecule has 146 valence electrons. The lowest BCUT2D eigenvalue weighted by molar-refractivity contribution is -0.121. The summed E-state index contributed by atoms with van der Waals surface area (Å²) < 4.78 is 18.9. The van der Waals surface area contributed by atoms with Gasteiger partial charge in [-0.1, -0.05) is 26.0 Å². The number of hydrogen-bond donors (Lipinski definition) is 1. The van der Waals surface area contributed by atoms with E-state index in [0.29, 0.717) is 23.5 Å². The predicted octanol–water partition coefficient (Wildman–Crippen LogP) is 5.56. The number of thioether (sulfide) groups is 1. The van der Waals surface area contributed by atoms with Crippen LogP contribution in [0.5, 0.6) is 11.5 Å². The van der Waals surface area contributed by atoms with Gasteiger partial charge < -0.3 is 9.84 Å². The van der Waals surface area contributed by atoms with Gasteiger partial charge in [-0.3, -0.25) is 4.79 Å². The van der Waals surface area contributed by atoms with E-state index in [4.69, 9.17) is 4.74 Å². The zero-order chi connectivity index (χ0) is 19.8. The zero-order valence-electron chi connectivity index (χ0n) is 16.1. The fourth-order valence-corrected chi connectivity index (χ4v) is 3.52. The molecule has 5 heteroatoms. The highest BCUT2D eigenvalue weighted by molar-refractivity contribution is 7.99. The Bertz CT molecular complexity index is 774. The third-order valence-corrected chi connectivity index (χ3v) is 5.41. The molecule has 0 spiro atoms. The fourth-order valence-electron chi connectivity index (χ4n) is 2.56. The van der Waals surface area contributed by atoms with Gasteiger partial charge in [-0.25, -0.2) is 4.39 Å². The summed E-state index contributed by atoms with van der Waals surface area (Å²) in [6, 6.07) is 10.2. The van der Waals surface area contributed by atoms with Gasteiger partial charge in [0, 0.05) is 28.4 Å². The van der Waals surface area contributed by atoms with Crippen LogP contribution in [0.2, 0.25) is 0 Å². The van der Waals surface area contributed by atoms with E-state index in [1.165, 1.54) is 6.07 Å². The maximum absolute atomic E-state index is 13.1. The molecule has 2 rings (SSSR count). The Kier molecular flexibility index (Phi) is 8.17. The van der Waals surface area contributed by atoms with Crippen LogP contribution in [0.3, 0.4) is 0 Å². The van der Waals surface area contributed by atoms with Crippen molar-refractivity contribution in [2.24, 2.45) is 5.92 Å². The van der Waals surface area contributed by atoms with Gasteiger partial charge >= 0.3 is 0 Å². The number of halogens is 1. The number of phenols is 1. The predicted molar refractivity (Wildman–Crippen MR) is 108 cm³/mol. The van der Waals surface area contributed by atoms with E-state index in [2.05, 4.69) is 0 Å². The first-order valence-corrected chi connectivity index (χ1v) is 10.2. The molecule has 0 unspecified atom stereocenters. The first kappa shape index (κ1) is 21.3. The van der Waals surface area contributed by atoms with Crippen LogP contribution in [0.1, 0.15) is 37.8 Å². The van der Waals surface area contributed by atoms with Gasteiger partial charge in [-0.2, -0.15) is 0 Å². The van der Waals surface area contributed by atoms with Gasteiger partial charge in [-0.05, 0) is 49.8 Å². The molecule has 0 heterocycles. The van der Waals surface area contributed by atoms with Crippen molar-refractivity contribution in [3.8, 4) is 11.5 Å². The average molecular weight is 391 g/mol. The van der Waals surface area contributed by atoms with E-state index in [1.54, 1.807) is 36.9 Å². The summed E-state index contributed by atoms with van der Waals surface area (Å²) in [5.41, 5.74) is 1.31. The minimum absolute atomic E-state index is 0.0501. The summed E-state index contributed by atoms with van der Waals surface area (Å²) in [6.07, 6.45) is 2.06. The van der Waals surface area contributed by atoms with Gasteiger partial charge in [0.1, 0.15) is 23.1 Å². The lowest BCUT2D eigenvalue weighted by Crippen LogP contribution is -2.10. The van der Waals surface area contributed by atoms with Crippen molar-refractivity contribution in [2.45, 2.75) is 44.9 Å². The molecule has 0 saturated heterocycles. The maximum Gasteiger partial charge on any atom is 0.139 e. The Hall–Kier alpha value is -2.01. The summed E-state index contributed by atoms with van der Waals surface area (Å²) >= 11 is 1.63. The highest BCUT2D eigenvalue weighted by Gasteiger charge is 2.15. The van der Waals surface area contributed by atoms with Crippen LogP contribution in [0.15, 0.2) is 41.3 Å². The number of ketones is 1. The van der Waals surface area contributed by atoms with Crippen molar-refractivity contribution >= 4 is 17.5 Å². The molecule has 0 amide bonds. The topological polar surface area (TPSA) is 46.5 Å². The molecule has 2 aromatic carbocycles. The number of benzene rings is 2. The number of carbonyl (C=O) groups is 1. The van der Waals surface area contributed by atoms with Crippen molar-refractivity contribution in [3.63, 3.8) is 0 Å². The molecule has 27 heavy (non-hydrogen) atoms. The quantitative estimate of drug-likeness (QED) is 0.426. The Balaban J connectivity index is 1.77. The summed E-state index contributed by atoms with van der Waals surface area (Å²) in [7, 11) is 0. The SMILES string of the molecule is Cc1c(OCCCCSc2cccc(F)c2)ccc(CC(=O)C(C)C)c1O. The van der Waals surface area contributed by atoms with Crippen molar-refractivity contribution in [1.29, 1.82) is 0 Å². The number of ether oxygens (including phenoxy) is 1. The smallest absolute Gasteiger partial charge is 0.139 e. The van der Waals surface area contributed by atoms with Crippen LogP contribution in [-0.2, 0) is 11.2 Å². The van der Waals surface area contributed by atoms with Crippen molar-refractivity contribution < 1.29 is 19.0 Å². The molecule has 0 aliphatic rings. The lowest BCUT2D eigenvalue weighted by Gasteiger charge is -2.13. The first-order valence-electron chi connectivity index (χ1n) is 9.23. The Morgan fingerprint density at radius 2 is 2.00 bits per heavy atom. The van der Waals surface area contributed by atoms with E-state index < -0.39 is 0 Å². The minimum Gasteiger partial charge on any atom is -0.507 e. The van der Waals surface area contributed by atoms with Crippen molar-refractivity contribution in [1.82, 2.24) is 0 Å². The molecule has 0 saturated carbocycles. The molecule has 1 N–H and O–H groups in total. The normalized spacial score (nSPS) is 11.0. The van der Waals surface area contributed by atoms with Gasteiger partial charge in [0.25, 0.3) is 0 Å². The Morgan fingerprint density at radius 3 is 2.70 bits per heavy atom. The minimum atomic E-state index is -0.211. The van der Waals surface area contributed by atoms with Gasteiger partial charge in [0.2, 0.25) is 0 Å². The largest absolute Gasteiger partial charge is 0.507 e. The number of Topliss-reactive ketones (excluding diaryl/α,β-unsaturated/α-hetero) is 1. The molecule has 0 bridgehead atoms. The van der Waals surface area contributed by atoms with Gasteiger partial charge in [0.15, 0.2) is 0 Å². The summed E-state index contributed by atoms with van der Waals surface area (Å²) in [5, 5.41) is 10.3. The van der Waals surface area contributed by atoms with E-state index in [-0.39, 0.29) is 29.7 Å². The lowest BCUT2D eigenvalue weighted by atomic mass is 9.98. The standard InChI is InChI=1S/C22H27FO3S/c1-15(2)20(24)13-17-9-10-21(16(3)22(17)25)26-11-4-5-12-27-19-8-6-7-18(23)14-19/h6-10,14-15,25H,4-5,11-13H2,1-3H3. The van der Waals surface area contributed by atoms with Crippen LogP contribution >= 0.6 is 11.8 Å². The second-order valence-electron chi connectivity index (χ2n) is 6.86. The molecular weight excluding hydrogens is 363 g/mol. The third kappa shape index (κ3) is 6.58. The van der Waals surface area contributed by atoms with Crippen molar-refractivity contribution in [2.75, 3.05) is 12.4 Å². The van der Waals surface area contributed by atoms with Crippen LogP contribution < -0.4 is 4.74 Å². The van der Waals surface area contributed by atoms with E-state index in [9.17, 15) is 14.3 Å². The van der Waals surface area contributed by atoms with Crippen LogP contribution in [-0.4, -0.2) is 23.2 Å². The van der Waals surface area contributed by atoms with Crippen LogP contribution in [0.25, 0.3) is 0 Å². The first-order chi connectivity index (χ1) is 12.9. The number of aromatic hydroxyl groups is 1. The summed E-state index contributed by atoms with van der Waals surface area (Å²) in [4.78, 5) is 12.8. The molecule has 2 aromatic rings. The molecule has 0 aromatic heterocycles. The maximum atomic E-state index is 13.1. The number of carbonyl (C=O) groups excluding carboxylic acids is 1. The Morgan fingerprint density at radius 1 is 1.22 bits per heavy atom. The summed E-state index contributed by atoms with van der Waals surface area (Å²) in [6.45, 7) is 6.06. The average Bonchev–Trinajstić information content (AvgIpc) is 2.63. The third-order valence-electron chi connectivity index (χ3n) is 4.33. The van der Waals surface area contributed by atoms with Gasteiger partial charge in [0.05, 0.1) is 6.61 Å².